The van der Waals surface area contributed by atoms with Crippen molar-refractivity contribution >= 4 is 23.6 Å². The number of carboxylic acids is 1. The topological polar surface area (TPSA) is 113 Å². The van der Waals surface area contributed by atoms with Crippen molar-refractivity contribution in [2.45, 2.75) is 59.4 Å². The summed E-state index contributed by atoms with van der Waals surface area (Å²) in [5, 5.41) is 13.8. The summed E-state index contributed by atoms with van der Waals surface area (Å²) < 4.78 is 0. The Morgan fingerprint density at radius 3 is 2.11 bits per heavy atom. The molecule has 1 aromatic rings. The number of rotatable bonds is 10. The second-order valence-corrected chi connectivity index (χ2v) is 5.76. The molecule has 0 saturated heterocycles. The van der Waals surface area contributed by atoms with Gasteiger partial charge in [0.15, 0.2) is 5.78 Å². The van der Waals surface area contributed by atoms with Crippen molar-refractivity contribution in [3.8, 4) is 0 Å². The maximum absolute atomic E-state index is 12.3. The molecule has 0 aromatic heterocycles. The Bertz CT molecular complexity index is 626. The molecular weight excluding hydrogens is 348 g/mol. The average Bonchev–Trinajstić information content (AvgIpc) is 2.63. The molecule has 2 amide bonds. The molecule has 7 nitrogen and oxygen atoms in total. The lowest BCUT2D eigenvalue weighted by molar-refractivity contribution is -0.137. The van der Waals surface area contributed by atoms with Crippen LogP contribution < -0.4 is 10.6 Å². The Kier molecular flexibility index (Phi) is 12.1. The second-order valence-electron chi connectivity index (χ2n) is 5.76. The Morgan fingerprint density at radius 2 is 1.63 bits per heavy atom. The monoisotopic (exact) mass is 378 g/mol. The van der Waals surface area contributed by atoms with Crippen molar-refractivity contribution in [2.75, 3.05) is 6.54 Å². The van der Waals surface area contributed by atoms with E-state index in [0.717, 1.165) is 5.56 Å². The molecule has 1 atom stereocenters. The largest absolute Gasteiger partial charge is 0.481 e. The number of aliphatic carboxylic acids is 1. The normalized spacial score (nSPS) is 10.8. The highest BCUT2D eigenvalue weighted by atomic mass is 16.4. The van der Waals surface area contributed by atoms with Crippen molar-refractivity contribution in [3.05, 3.63) is 35.4 Å². The summed E-state index contributed by atoms with van der Waals surface area (Å²) in [6.45, 7) is 7.33. The predicted octanol–water partition coefficient (Wildman–Crippen LogP) is 2.33. The molecule has 0 spiro atoms. The molecule has 150 valence electrons. The highest BCUT2D eigenvalue weighted by molar-refractivity contribution is 5.94. The summed E-state index contributed by atoms with van der Waals surface area (Å²) in [7, 11) is 0. The number of hydrogen-bond acceptors (Lipinski definition) is 4. The van der Waals surface area contributed by atoms with Crippen LogP contribution in [0.15, 0.2) is 24.3 Å². The Balaban J connectivity index is 0.00000326. The van der Waals surface area contributed by atoms with Crippen LogP contribution in [0.25, 0.3) is 0 Å². The molecule has 0 heterocycles. The molecule has 0 aliphatic rings. The fourth-order valence-electron chi connectivity index (χ4n) is 2.23. The molecule has 1 aromatic carbocycles. The fourth-order valence-corrected chi connectivity index (χ4v) is 2.23. The minimum atomic E-state index is -1.01. The Morgan fingerprint density at radius 1 is 1.04 bits per heavy atom. The Labute approximate surface area is 160 Å². The van der Waals surface area contributed by atoms with Gasteiger partial charge in [0.2, 0.25) is 11.8 Å². The molecular formula is C20H30N2O5. The maximum Gasteiger partial charge on any atom is 0.305 e. The minimum absolute atomic E-state index is 0.00239. The maximum atomic E-state index is 12.3. The van der Waals surface area contributed by atoms with E-state index in [1.807, 2.05) is 20.8 Å². The molecule has 0 bridgehead atoms. The van der Waals surface area contributed by atoms with E-state index < -0.39 is 17.9 Å². The quantitative estimate of drug-likeness (QED) is 0.541. The molecule has 0 radical (unpaired) electrons. The van der Waals surface area contributed by atoms with Crippen LogP contribution in [0, 0.1) is 0 Å². The Hall–Kier alpha value is -2.70. The third kappa shape index (κ3) is 10.1. The van der Waals surface area contributed by atoms with Crippen LogP contribution in [0.2, 0.25) is 0 Å². The SMILES string of the molecule is CC.CCCC(=O)N[C@@H](Cc1ccc(C(C)=O)cc1)C(=O)NCCC(=O)O. The van der Waals surface area contributed by atoms with Crippen LogP contribution in [0.3, 0.4) is 0 Å². The van der Waals surface area contributed by atoms with Gasteiger partial charge in [0.1, 0.15) is 6.04 Å². The van der Waals surface area contributed by atoms with Gasteiger partial charge < -0.3 is 15.7 Å². The van der Waals surface area contributed by atoms with Crippen molar-refractivity contribution in [1.29, 1.82) is 0 Å². The van der Waals surface area contributed by atoms with Crippen molar-refractivity contribution in [2.24, 2.45) is 0 Å². The zero-order valence-corrected chi connectivity index (χ0v) is 16.5. The van der Waals surface area contributed by atoms with Gasteiger partial charge in [-0.1, -0.05) is 45.0 Å². The number of ketones is 1. The molecule has 0 aliphatic heterocycles. The lowest BCUT2D eigenvalue weighted by Gasteiger charge is -2.18. The highest BCUT2D eigenvalue weighted by Gasteiger charge is 2.21. The van der Waals surface area contributed by atoms with E-state index >= 15 is 0 Å². The van der Waals surface area contributed by atoms with Gasteiger partial charge in [-0.05, 0) is 18.9 Å². The lowest BCUT2D eigenvalue weighted by Crippen LogP contribution is -2.48. The molecule has 0 saturated carbocycles. The van der Waals surface area contributed by atoms with E-state index in [4.69, 9.17) is 5.11 Å². The van der Waals surface area contributed by atoms with Crippen LogP contribution in [0.5, 0.6) is 0 Å². The smallest absolute Gasteiger partial charge is 0.305 e. The number of nitrogens with one attached hydrogen (secondary N) is 2. The first kappa shape index (κ1) is 24.3. The van der Waals surface area contributed by atoms with E-state index in [9.17, 15) is 19.2 Å². The first-order chi connectivity index (χ1) is 12.8. The molecule has 27 heavy (non-hydrogen) atoms. The number of amides is 2. The molecule has 0 aliphatic carbocycles. The third-order valence-corrected chi connectivity index (χ3v) is 3.57. The highest BCUT2D eigenvalue weighted by Crippen LogP contribution is 2.08. The van der Waals surface area contributed by atoms with Gasteiger partial charge in [-0.3, -0.25) is 19.2 Å². The van der Waals surface area contributed by atoms with Gasteiger partial charge in [-0.2, -0.15) is 0 Å². The number of benzene rings is 1. The average molecular weight is 378 g/mol. The number of carbonyl (C=O) groups is 4. The van der Waals surface area contributed by atoms with Crippen molar-refractivity contribution in [3.63, 3.8) is 0 Å². The van der Waals surface area contributed by atoms with Crippen LogP contribution in [-0.4, -0.2) is 41.3 Å². The van der Waals surface area contributed by atoms with Crippen molar-refractivity contribution < 1.29 is 24.3 Å². The van der Waals surface area contributed by atoms with Gasteiger partial charge in [0, 0.05) is 24.9 Å². The van der Waals surface area contributed by atoms with Gasteiger partial charge in [0.05, 0.1) is 6.42 Å². The molecule has 1 rings (SSSR count). The zero-order chi connectivity index (χ0) is 20.8. The van der Waals surface area contributed by atoms with E-state index in [0.29, 0.717) is 18.4 Å². The molecule has 3 N–H and O–H groups in total. The number of hydrogen-bond donors (Lipinski definition) is 3. The zero-order valence-electron chi connectivity index (χ0n) is 16.5. The molecule has 7 heteroatoms. The van der Waals surface area contributed by atoms with Crippen molar-refractivity contribution in [1.82, 2.24) is 10.6 Å². The van der Waals surface area contributed by atoms with Crippen LogP contribution in [0.1, 0.15) is 62.9 Å². The molecule has 0 fully saturated rings. The van der Waals surface area contributed by atoms with E-state index in [2.05, 4.69) is 10.6 Å². The van der Waals surface area contributed by atoms with E-state index in [1.54, 1.807) is 24.3 Å². The van der Waals surface area contributed by atoms with Crippen LogP contribution in [-0.2, 0) is 20.8 Å². The molecule has 0 unspecified atom stereocenters. The summed E-state index contributed by atoms with van der Waals surface area (Å²) in [4.78, 5) is 46.0. The summed E-state index contributed by atoms with van der Waals surface area (Å²) in [5.74, 6) is -1.72. The van der Waals surface area contributed by atoms with E-state index in [-0.39, 0.29) is 31.1 Å². The number of carboxylic acid groups (broad SMARTS) is 1. The fraction of sp³-hybridized carbons (Fsp3) is 0.500. The second kappa shape index (κ2) is 13.5. The minimum Gasteiger partial charge on any atom is -0.481 e. The number of Topliss-reactive ketones (excluding diaryl/α,β-unsaturated/α-hetero) is 1. The van der Waals surface area contributed by atoms with Crippen LogP contribution >= 0.6 is 0 Å². The first-order valence-corrected chi connectivity index (χ1v) is 9.22. The van der Waals surface area contributed by atoms with E-state index in [1.165, 1.54) is 6.92 Å². The predicted molar refractivity (Wildman–Crippen MR) is 104 cm³/mol. The summed E-state index contributed by atoms with van der Waals surface area (Å²) >= 11 is 0. The van der Waals surface area contributed by atoms with Gasteiger partial charge in [0.25, 0.3) is 0 Å². The third-order valence-electron chi connectivity index (χ3n) is 3.57. The summed E-state index contributed by atoms with van der Waals surface area (Å²) in [5.41, 5.74) is 1.36. The standard InChI is InChI=1S/C18H24N2O5.C2H6/c1-3-4-16(22)20-15(18(25)19-10-9-17(23)24)11-13-5-7-14(8-6-13)12(2)21;1-2/h5-8,15H,3-4,9-11H2,1-2H3,(H,19,25)(H,20,22)(H,23,24);1-2H3/t15-;/m0./s1. The van der Waals surface area contributed by atoms with Gasteiger partial charge >= 0.3 is 5.97 Å². The summed E-state index contributed by atoms with van der Waals surface area (Å²) in [6, 6.07) is 6.02. The lowest BCUT2D eigenvalue weighted by atomic mass is 10.0. The van der Waals surface area contributed by atoms with Gasteiger partial charge in [-0.15, -0.1) is 0 Å². The van der Waals surface area contributed by atoms with Gasteiger partial charge in [-0.25, -0.2) is 0 Å². The van der Waals surface area contributed by atoms with Crippen LogP contribution in [0.4, 0.5) is 0 Å². The number of carbonyl (C=O) groups excluding carboxylic acids is 3. The summed E-state index contributed by atoms with van der Waals surface area (Å²) in [6.07, 6.45) is 1.04. The first-order valence-electron chi connectivity index (χ1n) is 9.22.